The number of hydrogen-bond acceptors (Lipinski definition) is 0. The number of halogens is 2. The third-order valence-electron chi connectivity index (χ3n) is 7.42. The van der Waals surface area contributed by atoms with Crippen molar-refractivity contribution in [2.75, 3.05) is 0 Å². The average molecular weight is 447 g/mol. The Morgan fingerprint density at radius 3 is 1.46 bits per heavy atom. The third-order valence-corrected chi connectivity index (χ3v) is 19.2. The van der Waals surface area contributed by atoms with Gasteiger partial charge in [-0.2, -0.15) is 0 Å². The molecule has 4 aliphatic carbocycles. The summed E-state index contributed by atoms with van der Waals surface area (Å²) in [6.45, 7) is 4.91. The standard InChI is InChI=1S/2C10H13.2CH3.2ClH.H2Si.Ti/c2*1-8-6-9-4-2-3-5-10(9)7-8;;;;;;/h2*6-7H,2-5H2,1H3;2*1H3;2*1H;1H2;. The molecular weight excluding hydrogens is 411 g/mol. The molecule has 0 aromatic carbocycles. The Morgan fingerprint density at radius 2 is 1.08 bits per heavy atom. The van der Waals surface area contributed by atoms with Gasteiger partial charge in [0.15, 0.2) is 0 Å². The van der Waals surface area contributed by atoms with Crippen molar-refractivity contribution >= 4 is 32.4 Å². The molecule has 0 bridgehead atoms. The van der Waals surface area contributed by atoms with Crippen molar-refractivity contribution in [2.45, 2.75) is 84.1 Å². The monoisotopic (exact) mass is 446 g/mol. The summed E-state index contributed by atoms with van der Waals surface area (Å²) in [4.78, 5) is 0. The molecule has 2 atom stereocenters. The fourth-order valence-electron chi connectivity index (χ4n) is 6.97. The van der Waals surface area contributed by atoms with E-state index in [0.29, 0.717) is 0 Å². The van der Waals surface area contributed by atoms with Crippen LogP contribution in [0.4, 0.5) is 0 Å². The first kappa shape index (κ1) is 22.8. The van der Waals surface area contributed by atoms with E-state index in [-0.39, 0.29) is 24.8 Å². The van der Waals surface area contributed by atoms with E-state index >= 15 is 0 Å². The van der Waals surface area contributed by atoms with E-state index in [2.05, 4.69) is 44.1 Å². The van der Waals surface area contributed by atoms with E-state index in [9.17, 15) is 0 Å². The maximum atomic E-state index is 2.79. The van der Waals surface area contributed by atoms with E-state index in [0.717, 1.165) is 8.45 Å². The Kier molecular flexibility index (Phi) is 6.75. The van der Waals surface area contributed by atoms with Crippen LogP contribution in [0.25, 0.3) is 0 Å². The summed E-state index contributed by atoms with van der Waals surface area (Å²) in [6.07, 6.45) is 16.3. The smallest absolute Gasteiger partial charge is 0.147 e. The minimum Gasteiger partial charge on any atom is -0.147 e. The quantitative estimate of drug-likeness (QED) is 0.387. The zero-order valence-electron chi connectivity index (χ0n) is 17.0. The summed E-state index contributed by atoms with van der Waals surface area (Å²) < 4.78 is 1.66. The van der Waals surface area contributed by atoms with E-state index in [1.165, 1.54) is 51.4 Å². The second-order valence-electron chi connectivity index (χ2n) is 10.1. The summed E-state index contributed by atoms with van der Waals surface area (Å²) in [5, 5.41) is 5.57. The topological polar surface area (TPSA) is 0 Å². The summed E-state index contributed by atoms with van der Waals surface area (Å²) in [6, 6.07) is 0. The van der Waals surface area contributed by atoms with Gasteiger partial charge in [-0.25, -0.2) is 0 Å². The molecule has 0 spiro atoms. The molecule has 0 N–H and O–H groups in total. The van der Waals surface area contributed by atoms with Gasteiger partial charge in [-0.15, -0.1) is 24.8 Å². The van der Waals surface area contributed by atoms with Crippen molar-refractivity contribution < 1.29 is 14.0 Å². The van der Waals surface area contributed by atoms with E-state index < -0.39 is 14.0 Å². The van der Waals surface area contributed by atoms with Gasteiger partial charge in [-0.3, -0.25) is 0 Å². The molecule has 0 nitrogen and oxygen atoms in total. The predicted molar refractivity (Wildman–Crippen MR) is 121 cm³/mol. The molecule has 146 valence electrons. The van der Waals surface area contributed by atoms with Crippen LogP contribution in [-0.2, 0) is 14.0 Å². The van der Waals surface area contributed by atoms with Gasteiger partial charge in [-0.05, 0) is 0 Å². The van der Waals surface area contributed by atoms with Crippen molar-refractivity contribution in [2.24, 2.45) is 0 Å². The molecule has 0 saturated carbocycles. The molecule has 0 fully saturated rings. The second-order valence-corrected chi connectivity index (χ2v) is 30.3. The summed E-state index contributed by atoms with van der Waals surface area (Å²) in [7, 11) is 2.51. The molecule has 0 aromatic heterocycles. The summed E-state index contributed by atoms with van der Waals surface area (Å²) >= 11 is -2.73. The maximum Gasteiger partial charge on any atom is -0.147 e. The first-order chi connectivity index (χ1) is 11.3. The van der Waals surface area contributed by atoms with Crippen LogP contribution in [0.15, 0.2) is 45.6 Å². The van der Waals surface area contributed by atoms with Crippen molar-refractivity contribution in [1.82, 2.24) is 0 Å². The van der Waals surface area contributed by atoms with Crippen molar-refractivity contribution in [3.8, 4) is 0 Å². The summed E-state index contributed by atoms with van der Waals surface area (Å²) in [5.74, 6) is 0. The van der Waals surface area contributed by atoms with Crippen molar-refractivity contribution in [1.29, 1.82) is 0 Å². The van der Waals surface area contributed by atoms with Crippen molar-refractivity contribution in [3.63, 3.8) is 0 Å². The van der Waals surface area contributed by atoms with Crippen LogP contribution in [0.1, 0.15) is 65.2 Å². The number of rotatable bonds is 2. The van der Waals surface area contributed by atoms with E-state index in [1.807, 2.05) is 11.1 Å². The van der Waals surface area contributed by atoms with Gasteiger partial charge < -0.3 is 0 Å². The Morgan fingerprint density at radius 1 is 0.731 bits per heavy atom. The Bertz CT molecular complexity index is 731. The van der Waals surface area contributed by atoms with Crippen LogP contribution >= 0.6 is 24.8 Å². The Labute approximate surface area is 175 Å². The van der Waals surface area contributed by atoms with Crippen LogP contribution in [0.5, 0.6) is 0 Å². The van der Waals surface area contributed by atoms with Crippen LogP contribution in [0.3, 0.4) is 0 Å². The van der Waals surface area contributed by atoms with Gasteiger partial charge in [-0.1, -0.05) is 0 Å². The zero-order valence-corrected chi connectivity index (χ0v) is 21.6. The molecule has 0 heterocycles. The predicted octanol–water partition coefficient (Wildman–Crippen LogP) is 7.40. The average Bonchev–Trinajstić information content (AvgIpc) is 3.02. The van der Waals surface area contributed by atoms with Gasteiger partial charge >= 0.3 is 151 Å². The molecule has 4 aliphatic rings. The van der Waals surface area contributed by atoms with Crippen LogP contribution in [-0.4, -0.2) is 7.63 Å². The second kappa shape index (κ2) is 7.71. The Balaban J connectivity index is 0.00000121. The summed E-state index contributed by atoms with van der Waals surface area (Å²) in [5.41, 5.74) is 10.7. The molecule has 0 aliphatic heterocycles. The van der Waals surface area contributed by atoms with E-state index in [1.54, 1.807) is 22.3 Å². The Hall–Kier alpha value is 0.471. The number of allylic oxidation sites excluding steroid dienone is 8. The van der Waals surface area contributed by atoms with Gasteiger partial charge in [0.25, 0.3) is 0 Å². The van der Waals surface area contributed by atoms with E-state index in [4.69, 9.17) is 0 Å². The zero-order chi connectivity index (χ0) is 17.1. The van der Waals surface area contributed by atoms with Gasteiger partial charge in [0.2, 0.25) is 0 Å². The molecule has 26 heavy (non-hydrogen) atoms. The third kappa shape index (κ3) is 3.45. The van der Waals surface area contributed by atoms with Crippen molar-refractivity contribution in [3.05, 3.63) is 45.6 Å². The molecule has 4 heteroatoms. The molecule has 0 saturated heterocycles. The molecular formula is C22H36Cl2SiTi. The SMILES string of the molecule is CC1=CC2=C(CCCC2)[CH]1[Ti]([CH3])([CH3])(=[SiH2])[CH]1C(C)=CC2=C1CCCC2.Cl.Cl. The first-order valence-corrected chi connectivity index (χ1v) is 19.1. The van der Waals surface area contributed by atoms with Crippen LogP contribution in [0, 0.1) is 0 Å². The fourth-order valence-corrected chi connectivity index (χ4v) is 21.7. The molecule has 2 unspecified atom stereocenters. The fraction of sp³-hybridized carbons (Fsp3) is 0.636. The molecule has 0 amide bonds. The molecule has 0 aromatic rings. The largest absolute Gasteiger partial charge is 0.147 e. The van der Waals surface area contributed by atoms with Crippen LogP contribution in [0.2, 0.25) is 18.9 Å². The minimum atomic E-state index is -2.73. The minimum absolute atomic E-state index is 0. The van der Waals surface area contributed by atoms with Gasteiger partial charge in [0.1, 0.15) is 0 Å². The first-order valence-electron chi connectivity index (χ1n) is 10.2. The normalized spacial score (nSPS) is 28.7. The molecule has 4 rings (SSSR count). The number of hydrogen-bond donors (Lipinski definition) is 0. The van der Waals surface area contributed by atoms with Gasteiger partial charge in [0, 0.05) is 0 Å². The van der Waals surface area contributed by atoms with Gasteiger partial charge in [0.05, 0.1) is 0 Å². The van der Waals surface area contributed by atoms with Crippen LogP contribution < -0.4 is 0 Å². The molecule has 0 radical (unpaired) electrons. The maximum absolute atomic E-state index is 2.79.